The van der Waals surface area contributed by atoms with E-state index in [-0.39, 0.29) is 16.9 Å². The maximum absolute atomic E-state index is 12.8. The molecule has 1 heterocycles. The van der Waals surface area contributed by atoms with Crippen molar-refractivity contribution in [3.8, 4) is 0 Å². The molecule has 0 saturated carbocycles. The highest BCUT2D eigenvalue weighted by Crippen LogP contribution is 2.24. The van der Waals surface area contributed by atoms with Gasteiger partial charge in [-0.25, -0.2) is 8.42 Å². The molecule has 0 bridgehead atoms. The molecule has 0 aromatic heterocycles. The highest BCUT2D eigenvalue weighted by atomic mass is 32.2. The second-order valence-corrected chi connectivity index (χ2v) is 10.4. The molecule has 0 aliphatic carbocycles. The standard InChI is InChI=1S/C25H27N5O5S/c1-15-16(2)29-35-25(15)30-36(33,34)20-13-11-19(12-14-20)27-28-23(17(3)31)24(32)26-22-10-6-8-18-7-4-5-9-21(18)22/h4-16,23,25,29-30H,1-3H3,(H,26,32)/t15-,16-,23-,25-/m0/s1. The number of sulfonamides is 1. The normalized spacial score (nSPS) is 21.0. The maximum Gasteiger partial charge on any atom is 0.258 e. The highest BCUT2D eigenvalue weighted by molar-refractivity contribution is 7.89. The topological polar surface area (TPSA) is 138 Å². The molecule has 0 unspecified atom stereocenters. The molecule has 3 aromatic carbocycles. The lowest BCUT2D eigenvalue weighted by atomic mass is 10.1. The van der Waals surface area contributed by atoms with Crippen LogP contribution in [0.15, 0.2) is 81.9 Å². The van der Waals surface area contributed by atoms with Crippen molar-refractivity contribution in [2.24, 2.45) is 16.1 Å². The number of benzene rings is 3. The molecule has 1 saturated heterocycles. The van der Waals surface area contributed by atoms with E-state index < -0.39 is 34.0 Å². The number of anilines is 1. The number of azo groups is 1. The van der Waals surface area contributed by atoms with Crippen LogP contribution in [0.4, 0.5) is 11.4 Å². The third-order valence-corrected chi connectivity index (χ3v) is 7.47. The molecule has 4 atom stereocenters. The largest absolute Gasteiger partial charge is 0.323 e. The van der Waals surface area contributed by atoms with Crippen LogP contribution in [0.25, 0.3) is 10.8 Å². The molecule has 1 aliphatic heterocycles. The number of nitrogens with zero attached hydrogens (tertiary/aromatic N) is 2. The van der Waals surface area contributed by atoms with E-state index >= 15 is 0 Å². The number of hydroxylamine groups is 1. The molecular weight excluding hydrogens is 482 g/mol. The van der Waals surface area contributed by atoms with Crippen LogP contribution in [0.2, 0.25) is 0 Å². The first-order valence-corrected chi connectivity index (χ1v) is 12.9. The van der Waals surface area contributed by atoms with Gasteiger partial charge in [-0.15, -0.1) is 0 Å². The predicted molar refractivity (Wildman–Crippen MR) is 135 cm³/mol. The summed E-state index contributed by atoms with van der Waals surface area (Å²) < 4.78 is 27.9. The van der Waals surface area contributed by atoms with Crippen LogP contribution in [-0.4, -0.2) is 38.4 Å². The molecule has 1 aliphatic rings. The van der Waals surface area contributed by atoms with Gasteiger partial charge in [0.25, 0.3) is 5.91 Å². The minimum Gasteiger partial charge on any atom is -0.323 e. The lowest BCUT2D eigenvalue weighted by molar-refractivity contribution is -0.126. The molecule has 0 radical (unpaired) electrons. The van der Waals surface area contributed by atoms with E-state index in [2.05, 4.69) is 25.7 Å². The van der Waals surface area contributed by atoms with Gasteiger partial charge < -0.3 is 5.32 Å². The maximum atomic E-state index is 12.8. The summed E-state index contributed by atoms with van der Waals surface area (Å²) in [7, 11) is -3.83. The number of fused-ring (bicyclic) bond motifs is 1. The molecule has 11 heteroatoms. The fourth-order valence-corrected chi connectivity index (χ4v) is 4.88. The van der Waals surface area contributed by atoms with Crippen molar-refractivity contribution in [3.63, 3.8) is 0 Å². The summed E-state index contributed by atoms with van der Waals surface area (Å²) in [6, 6.07) is 17.3. The second kappa shape index (κ2) is 10.6. The highest BCUT2D eigenvalue weighted by Gasteiger charge is 2.34. The summed E-state index contributed by atoms with van der Waals surface area (Å²) >= 11 is 0. The number of hydrogen-bond donors (Lipinski definition) is 3. The van der Waals surface area contributed by atoms with E-state index in [1.807, 2.05) is 50.2 Å². The average molecular weight is 510 g/mol. The number of nitrogens with one attached hydrogen (secondary N) is 3. The van der Waals surface area contributed by atoms with E-state index in [1.54, 1.807) is 6.07 Å². The van der Waals surface area contributed by atoms with Crippen LogP contribution in [0.5, 0.6) is 0 Å². The molecular formula is C25H27N5O5S. The van der Waals surface area contributed by atoms with Crippen LogP contribution in [-0.2, 0) is 24.4 Å². The summed E-state index contributed by atoms with van der Waals surface area (Å²) in [6.45, 7) is 5.04. The summed E-state index contributed by atoms with van der Waals surface area (Å²) in [5.41, 5.74) is 3.61. The summed E-state index contributed by atoms with van der Waals surface area (Å²) in [6.07, 6.45) is -0.694. The van der Waals surface area contributed by atoms with Crippen LogP contribution < -0.4 is 15.5 Å². The van der Waals surface area contributed by atoms with E-state index in [1.165, 1.54) is 31.2 Å². The van der Waals surface area contributed by atoms with Crippen molar-refractivity contribution < 1.29 is 22.8 Å². The molecule has 1 amide bonds. The molecule has 36 heavy (non-hydrogen) atoms. The summed E-state index contributed by atoms with van der Waals surface area (Å²) in [5.74, 6) is -1.15. The van der Waals surface area contributed by atoms with Crippen molar-refractivity contribution >= 4 is 43.9 Å². The SMILES string of the molecule is CC(=O)[C@H](N=Nc1ccc(S(=O)(=O)N[C@H]2ON[C@@H](C)[C@@H]2C)cc1)C(=O)Nc1cccc2ccccc12. The predicted octanol–water partition coefficient (Wildman–Crippen LogP) is 3.68. The third kappa shape index (κ3) is 5.65. The monoisotopic (exact) mass is 509 g/mol. The molecule has 188 valence electrons. The summed E-state index contributed by atoms with van der Waals surface area (Å²) in [5, 5.41) is 12.5. The number of carbonyl (C=O) groups excluding carboxylic acids is 2. The smallest absolute Gasteiger partial charge is 0.258 e. The minimum absolute atomic E-state index is 0.00696. The first-order valence-electron chi connectivity index (χ1n) is 11.4. The fraction of sp³-hybridized carbons (Fsp3) is 0.280. The molecule has 0 spiro atoms. The second-order valence-electron chi connectivity index (χ2n) is 8.66. The van der Waals surface area contributed by atoms with Crippen LogP contribution in [0.3, 0.4) is 0 Å². The Bertz CT molecular complexity index is 1400. The van der Waals surface area contributed by atoms with E-state index in [9.17, 15) is 18.0 Å². The van der Waals surface area contributed by atoms with Gasteiger partial charge in [0.1, 0.15) is 6.23 Å². The number of ketones is 1. The van der Waals surface area contributed by atoms with Crippen LogP contribution >= 0.6 is 0 Å². The molecule has 1 fully saturated rings. The number of Topliss-reactive ketones (excluding diaryl/α,β-unsaturated/α-hetero) is 1. The van der Waals surface area contributed by atoms with Crippen LogP contribution in [0, 0.1) is 5.92 Å². The zero-order valence-corrected chi connectivity index (χ0v) is 20.8. The quantitative estimate of drug-likeness (QED) is 0.313. The fourth-order valence-electron chi connectivity index (χ4n) is 3.68. The van der Waals surface area contributed by atoms with Crippen molar-refractivity contribution in [1.29, 1.82) is 0 Å². The Morgan fingerprint density at radius 3 is 2.36 bits per heavy atom. The van der Waals surface area contributed by atoms with Gasteiger partial charge in [0, 0.05) is 23.0 Å². The Balaban J connectivity index is 1.46. The van der Waals surface area contributed by atoms with Gasteiger partial charge in [-0.1, -0.05) is 43.3 Å². The first-order chi connectivity index (χ1) is 17.2. The van der Waals surface area contributed by atoms with Gasteiger partial charge in [-0.05, 0) is 49.6 Å². The number of hydrogen-bond acceptors (Lipinski definition) is 8. The van der Waals surface area contributed by atoms with Crippen molar-refractivity contribution in [2.75, 3.05) is 5.32 Å². The molecule has 10 nitrogen and oxygen atoms in total. The lowest BCUT2D eigenvalue weighted by Crippen LogP contribution is -2.38. The minimum atomic E-state index is -3.83. The first kappa shape index (κ1) is 25.6. The van der Waals surface area contributed by atoms with E-state index in [0.29, 0.717) is 11.4 Å². The van der Waals surface area contributed by atoms with Crippen LogP contribution in [0.1, 0.15) is 20.8 Å². The van der Waals surface area contributed by atoms with Gasteiger partial charge >= 0.3 is 0 Å². The van der Waals surface area contributed by atoms with Crippen molar-refractivity contribution in [1.82, 2.24) is 10.2 Å². The lowest BCUT2D eigenvalue weighted by Gasteiger charge is -2.16. The van der Waals surface area contributed by atoms with Gasteiger partial charge in [0.15, 0.2) is 5.78 Å². The number of rotatable bonds is 8. The Kier molecular flexibility index (Phi) is 7.55. The summed E-state index contributed by atoms with van der Waals surface area (Å²) in [4.78, 5) is 30.3. The molecule has 4 rings (SSSR count). The zero-order valence-electron chi connectivity index (χ0n) is 20.0. The molecule has 3 N–H and O–H groups in total. The average Bonchev–Trinajstić information content (AvgIpc) is 3.16. The van der Waals surface area contributed by atoms with Gasteiger partial charge in [0.05, 0.1) is 10.6 Å². The van der Waals surface area contributed by atoms with Gasteiger partial charge in [0.2, 0.25) is 16.1 Å². The Labute approximate surface area is 209 Å². The number of carbonyl (C=O) groups is 2. The number of amides is 1. The zero-order chi connectivity index (χ0) is 25.9. The van der Waals surface area contributed by atoms with E-state index in [4.69, 9.17) is 4.84 Å². The van der Waals surface area contributed by atoms with Gasteiger partial charge in [-0.3, -0.25) is 14.4 Å². The Morgan fingerprint density at radius 1 is 1.00 bits per heavy atom. The van der Waals surface area contributed by atoms with E-state index in [0.717, 1.165) is 10.8 Å². The Hall–Kier alpha value is -3.51. The van der Waals surface area contributed by atoms with Crippen molar-refractivity contribution in [2.45, 2.75) is 44.0 Å². The van der Waals surface area contributed by atoms with Gasteiger partial charge in [-0.2, -0.15) is 20.4 Å². The third-order valence-electron chi connectivity index (χ3n) is 6.04. The molecule has 3 aromatic rings. The van der Waals surface area contributed by atoms with Crippen molar-refractivity contribution in [3.05, 3.63) is 66.7 Å². The Morgan fingerprint density at radius 2 is 1.69 bits per heavy atom.